The van der Waals surface area contributed by atoms with Crippen molar-refractivity contribution in [3.63, 3.8) is 0 Å². The molecular weight excluding hydrogens is 419 g/mol. The Bertz CT molecular complexity index is 471. The predicted molar refractivity (Wildman–Crippen MR) is 76.9 cm³/mol. The van der Waals surface area contributed by atoms with Crippen LogP contribution in [-0.4, -0.2) is 29.8 Å². The van der Waals surface area contributed by atoms with E-state index in [1.165, 1.54) is 4.90 Å². The summed E-state index contributed by atoms with van der Waals surface area (Å²) < 4.78 is 27.7. The minimum Gasteiger partial charge on any atom is -0.338 e. The molecule has 0 spiro atoms. The second-order valence-corrected chi connectivity index (χ2v) is 6.20. The number of carbonyl (C=O) groups is 1. The lowest BCUT2D eigenvalue weighted by Gasteiger charge is -2.32. The van der Waals surface area contributed by atoms with Gasteiger partial charge >= 0.3 is 0 Å². The van der Waals surface area contributed by atoms with E-state index in [0.717, 1.165) is 8.04 Å². The van der Waals surface area contributed by atoms with Gasteiger partial charge in [0, 0.05) is 34.0 Å². The monoisotopic (exact) mass is 429 g/mol. The van der Waals surface area contributed by atoms with Crippen LogP contribution in [0.5, 0.6) is 0 Å². The van der Waals surface area contributed by atoms with E-state index >= 15 is 0 Å². The lowest BCUT2D eigenvalue weighted by atomic mass is 10.1. The molecule has 2 nitrogen and oxygen atoms in total. The Kier molecular flexibility index (Phi) is 4.25. The van der Waals surface area contributed by atoms with Crippen molar-refractivity contribution in [3.8, 4) is 0 Å². The average molecular weight is 430 g/mol. The zero-order valence-corrected chi connectivity index (χ0v) is 13.2. The maximum absolute atomic E-state index is 13.0. The van der Waals surface area contributed by atoms with Crippen molar-refractivity contribution in [1.82, 2.24) is 4.90 Å². The molecule has 1 aromatic rings. The van der Waals surface area contributed by atoms with Crippen LogP contribution in [0.3, 0.4) is 0 Å². The van der Waals surface area contributed by atoms with Crippen LogP contribution in [0.1, 0.15) is 23.2 Å². The molecule has 1 saturated heterocycles. The van der Waals surface area contributed by atoms with Crippen LogP contribution in [0.25, 0.3) is 0 Å². The number of nitrogens with zero attached hydrogens (tertiary/aromatic N) is 1. The minimum absolute atomic E-state index is 0.115. The van der Waals surface area contributed by atoms with Crippen LogP contribution in [-0.2, 0) is 0 Å². The summed E-state index contributed by atoms with van der Waals surface area (Å²) >= 11 is 5.49. The summed E-state index contributed by atoms with van der Waals surface area (Å²) in [6.07, 6.45) is -0.499. The molecule has 2 rings (SSSR count). The smallest absolute Gasteiger partial charge is 0.255 e. The molecule has 0 unspecified atom stereocenters. The number of carbonyl (C=O) groups excluding carboxylic acids is 1. The summed E-state index contributed by atoms with van der Waals surface area (Å²) in [6.45, 7) is 0.230. The van der Waals surface area contributed by atoms with Crippen molar-refractivity contribution < 1.29 is 13.6 Å². The van der Waals surface area contributed by atoms with Gasteiger partial charge in [0.2, 0.25) is 0 Å². The van der Waals surface area contributed by atoms with Crippen LogP contribution < -0.4 is 0 Å². The maximum atomic E-state index is 13.0. The summed E-state index contributed by atoms with van der Waals surface area (Å²) in [5, 5.41) is 0. The Morgan fingerprint density at radius 1 is 1.33 bits per heavy atom. The molecule has 1 aliphatic rings. The number of alkyl halides is 2. The molecule has 0 aromatic heterocycles. The highest BCUT2D eigenvalue weighted by Gasteiger charge is 2.36. The third-order valence-electron chi connectivity index (χ3n) is 2.96. The van der Waals surface area contributed by atoms with Crippen molar-refractivity contribution in [1.29, 1.82) is 0 Å². The van der Waals surface area contributed by atoms with Crippen molar-refractivity contribution >= 4 is 44.4 Å². The lowest BCUT2D eigenvalue weighted by molar-refractivity contribution is -0.0494. The molecule has 0 radical (unpaired) electrons. The zero-order valence-electron chi connectivity index (χ0n) is 9.43. The first-order valence-corrected chi connectivity index (χ1v) is 7.39. The highest BCUT2D eigenvalue weighted by Crippen LogP contribution is 2.30. The molecule has 0 saturated carbocycles. The maximum Gasteiger partial charge on any atom is 0.255 e. The zero-order chi connectivity index (χ0) is 13.3. The molecule has 0 atom stereocenters. The number of piperidine rings is 1. The van der Waals surface area contributed by atoms with E-state index in [9.17, 15) is 13.6 Å². The van der Waals surface area contributed by atoms with Crippen LogP contribution in [0.4, 0.5) is 8.78 Å². The van der Waals surface area contributed by atoms with Gasteiger partial charge in [-0.25, -0.2) is 8.78 Å². The average Bonchev–Trinajstić information content (AvgIpc) is 2.32. The number of benzene rings is 1. The molecular formula is C12H11BrF2INO. The molecule has 0 bridgehead atoms. The van der Waals surface area contributed by atoms with Crippen molar-refractivity contribution in [2.75, 3.05) is 13.1 Å². The van der Waals surface area contributed by atoms with E-state index in [0.29, 0.717) is 5.56 Å². The molecule has 1 aliphatic heterocycles. The fourth-order valence-electron chi connectivity index (χ4n) is 1.88. The lowest BCUT2D eigenvalue weighted by Crippen LogP contribution is -2.42. The quantitative estimate of drug-likeness (QED) is 0.619. The van der Waals surface area contributed by atoms with Crippen molar-refractivity contribution in [2.24, 2.45) is 0 Å². The third kappa shape index (κ3) is 3.01. The fourth-order valence-corrected chi connectivity index (χ4v) is 2.81. The minimum atomic E-state index is -2.63. The summed E-state index contributed by atoms with van der Waals surface area (Å²) in [6, 6.07) is 5.38. The van der Waals surface area contributed by atoms with Gasteiger partial charge in [0.15, 0.2) is 0 Å². The highest BCUT2D eigenvalue weighted by atomic mass is 127. The van der Waals surface area contributed by atoms with E-state index < -0.39 is 5.92 Å². The molecule has 98 valence electrons. The Morgan fingerprint density at radius 3 is 2.56 bits per heavy atom. The number of amides is 1. The van der Waals surface area contributed by atoms with Gasteiger partial charge < -0.3 is 4.90 Å². The summed E-state index contributed by atoms with van der Waals surface area (Å²) in [4.78, 5) is 13.7. The van der Waals surface area contributed by atoms with Gasteiger partial charge in [-0.2, -0.15) is 0 Å². The van der Waals surface area contributed by atoms with Gasteiger partial charge in [-0.1, -0.05) is 6.07 Å². The SMILES string of the molecule is O=C(c1cccc(I)c1Br)N1CCC(F)(F)CC1. The van der Waals surface area contributed by atoms with E-state index in [1.807, 2.05) is 6.07 Å². The topological polar surface area (TPSA) is 20.3 Å². The first-order chi connectivity index (χ1) is 8.41. The van der Waals surface area contributed by atoms with Gasteiger partial charge in [-0.05, 0) is 50.7 Å². The number of halogens is 4. The standard InChI is InChI=1S/C12H11BrF2INO/c13-10-8(2-1-3-9(10)16)11(18)17-6-4-12(14,15)5-7-17/h1-3H,4-7H2. The largest absolute Gasteiger partial charge is 0.338 e. The number of hydrogen-bond donors (Lipinski definition) is 0. The summed E-state index contributed by atoms with van der Waals surface area (Å²) in [5.41, 5.74) is 0.534. The van der Waals surface area contributed by atoms with Gasteiger partial charge in [-0.15, -0.1) is 0 Å². The first kappa shape index (κ1) is 14.2. The van der Waals surface area contributed by atoms with Crippen molar-refractivity contribution in [3.05, 3.63) is 31.8 Å². The van der Waals surface area contributed by atoms with E-state index in [2.05, 4.69) is 38.5 Å². The normalized spacial score (nSPS) is 18.8. The molecule has 1 amide bonds. The fraction of sp³-hybridized carbons (Fsp3) is 0.417. The van der Waals surface area contributed by atoms with Crippen molar-refractivity contribution in [2.45, 2.75) is 18.8 Å². The molecule has 0 N–H and O–H groups in total. The Balaban J connectivity index is 2.15. The second-order valence-electron chi connectivity index (χ2n) is 4.25. The predicted octanol–water partition coefficient (Wildman–Crippen LogP) is 3.93. The van der Waals surface area contributed by atoms with Gasteiger partial charge in [0.05, 0.1) is 5.56 Å². The van der Waals surface area contributed by atoms with Crippen LogP contribution in [0, 0.1) is 3.57 Å². The van der Waals surface area contributed by atoms with Crippen LogP contribution in [0.15, 0.2) is 22.7 Å². The second kappa shape index (κ2) is 5.40. The molecule has 1 heterocycles. The van der Waals surface area contributed by atoms with Gasteiger partial charge in [0.25, 0.3) is 11.8 Å². The van der Waals surface area contributed by atoms with E-state index in [1.54, 1.807) is 12.1 Å². The number of hydrogen-bond acceptors (Lipinski definition) is 1. The Morgan fingerprint density at radius 2 is 1.94 bits per heavy atom. The Labute approximate surface area is 126 Å². The molecule has 18 heavy (non-hydrogen) atoms. The van der Waals surface area contributed by atoms with E-state index in [4.69, 9.17) is 0 Å². The molecule has 0 aliphatic carbocycles. The van der Waals surface area contributed by atoms with Crippen LogP contribution in [0.2, 0.25) is 0 Å². The molecule has 6 heteroatoms. The van der Waals surface area contributed by atoms with Gasteiger partial charge in [0.1, 0.15) is 0 Å². The number of likely N-dealkylation sites (tertiary alicyclic amines) is 1. The van der Waals surface area contributed by atoms with Gasteiger partial charge in [-0.3, -0.25) is 4.79 Å². The third-order valence-corrected chi connectivity index (χ3v) is 5.46. The number of rotatable bonds is 1. The molecule has 1 fully saturated rings. The summed E-state index contributed by atoms with van der Waals surface area (Å²) in [5.74, 6) is -2.81. The summed E-state index contributed by atoms with van der Waals surface area (Å²) in [7, 11) is 0. The first-order valence-electron chi connectivity index (χ1n) is 5.52. The molecule has 1 aromatic carbocycles. The van der Waals surface area contributed by atoms with E-state index in [-0.39, 0.29) is 31.8 Å². The van der Waals surface area contributed by atoms with Crippen LogP contribution >= 0.6 is 38.5 Å². The Hall–Kier alpha value is -0.240. The highest BCUT2D eigenvalue weighted by molar-refractivity contribution is 14.1.